The number of amides is 9. The molecule has 1 saturated heterocycles. The summed E-state index contributed by atoms with van der Waals surface area (Å²) in [5, 5.41) is 73.2. The van der Waals surface area contributed by atoms with Gasteiger partial charge in [0, 0.05) is 13.0 Å². The number of nitrogens with two attached hydrogens (primary N) is 2. The van der Waals surface area contributed by atoms with Crippen molar-refractivity contribution in [1.29, 1.82) is 0 Å². The third-order valence-electron chi connectivity index (χ3n) is 10.0. The highest BCUT2D eigenvalue weighted by Crippen LogP contribution is 2.20. The van der Waals surface area contributed by atoms with Gasteiger partial charge in [0.15, 0.2) is 6.04 Å². The molecule has 0 radical (unpaired) electrons. The fraction of sp³-hybridized carbons (Fsp3) is 0.684. The molecule has 0 bridgehead atoms. The van der Waals surface area contributed by atoms with Crippen LogP contribution in [-0.2, 0) is 57.5 Å². The predicted octanol–water partition coefficient (Wildman–Crippen LogP) is -7.13. The summed E-state index contributed by atoms with van der Waals surface area (Å²) in [6.07, 6.45) is -1.15. The van der Waals surface area contributed by atoms with Crippen LogP contribution in [0.3, 0.4) is 0 Å². The highest BCUT2D eigenvalue weighted by Gasteiger charge is 2.41. The second-order valence-corrected chi connectivity index (χ2v) is 17.3. The van der Waals surface area contributed by atoms with Crippen molar-refractivity contribution in [1.82, 2.24) is 42.1 Å². The van der Waals surface area contributed by atoms with Crippen molar-refractivity contribution in [3.05, 3.63) is 0 Å². The fourth-order valence-electron chi connectivity index (χ4n) is 6.37. The minimum absolute atomic E-state index is 0.0777. The van der Waals surface area contributed by atoms with Crippen molar-refractivity contribution in [2.45, 2.75) is 119 Å². The number of nitrogens with one attached hydrogen (secondary N) is 7. The zero-order valence-corrected chi connectivity index (χ0v) is 39.1. The molecule has 10 unspecified atom stereocenters. The second kappa shape index (κ2) is 30.5. The Hall–Kier alpha value is -5.82. The van der Waals surface area contributed by atoms with Crippen LogP contribution in [0.5, 0.6) is 0 Å². The van der Waals surface area contributed by atoms with Crippen LogP contribution in [-0.4, -0.2) is 211 Å². The molecular formula is C38H62N10O18S2. The van der Waals surface area contributed by atoms with E-state index in [0.717, 1.165) is 11.8 Å². The predicted molar refractivity (Wildman–Crippen MR) is 239 cm³/mol. The number of carboxylic acid groups (broad SMARTS) is 3. The number of aliphatic carboxylic acids is 3. The third-order valence-corrected chi connectivity index (χ3v) is 11.3. The van der Waals surface area contributed by atoms with Crippen LogP contribution in [0.2, 0.25) is 0 Å². The van der Waals surface area contributed by atoms with Crippen molar-refractivity contribution in [3.63, 3.8) is 0 Å². The molecular weight excluding hydrogens is 949 g/mol. The summed E-state index contributed by atoms with van der Waals surface area (Å²) < 4.78 is 0. The van der Waals surface area contributed by atoms with E-state index < -0.39 is 170 Å². The maximum Gasteiger partial charge on any atom is 0.328 e. The maximum atomic E-state index is 14.0. The van der Waals surface area contributed by atoms with Crippen LogP contribution in [0, 0.1) is 0 Å². The van der Waals surface area contributed by atoms with Crippen LogP contribution in [0.25, 0.3) is 0 Å². The quantitative estimate of drug-likeness (QED) is 0.0298. The molecule has 30 heteroatoms. The van der Waals surface area contributed by atoms with E-state index in [1.807, 2.05) is 5.32 Å². The molecule has 1 rings (SSSR count). The number of nitrogens with zero attached hydrogens (tertiary/aromatic N) is 1. The molecule has 0 aliphatic carbocycles. The highest BCUT2D eigenvalue weighted by molar-refractivity contribution is 7.98. The molecule has 68 heavy (non-hydrogen) atoms. The van der Waals surface area contributed by atoms with E-state index in [1.165, 1.54) is 23.5 Å². The molecule has 1 heterocycles. The first-order valence-electron chi connectivity index (χ1n) is 20.9. The summed E-state index contributed by atoms with van der Waals surface area (Å²) in [6.45, 7) is -1.31. The van der Waals surface area contributed by atoms with Crippen molar-refractivity contribution in [3.8, 4) is 0 Å². The van der Waals surface area contributed by atoms with Crippen molar-refractivity contribution in [2.75, 3.05) is 43.8 Å². The Balaban J connectivity index is 3.31. The third kappa shape index (κ3) is 20.6. The Morgan fingerprint density at radius 3 is 1.57 bits per heavy atom. The number of thioether (sulfide) groups is 2. The van der Waals surface area contributed by atoms with Gasteiger partial charge in [0.05, 0.1) is 38.2 Å². The minimum atomic E-state index is -1.89. The lowest BCUT2D eigenvalue weighted by molar-refractivity contribution is -0.147. The number of primary amides is 1. The van der Waals surface area contributed by atoms with E-state index >= 15 is 0 Å². The van der Waals surface area contributed by atoms with Gasteiger partial charge in [-0.15, -0.1) is 0 Å². The van der Waals surface area contributed by atoms with E-state index in [2.05, 4.69) is 31.9 Å². The minimum Gasteiger partial charge on any atom is -0.481 e. The largest absolute Gasteiger partial charge is 0.481 e. The van der Waals surface area contributed by atoms with Gasteiger partial charge in [0.1, 0.15) is 42.3 Å². The van der Waals surface area contributed by atoms with Crippen LogP contribution in [0.1, 0.15) is 58.3 Å². The summed E-state index contributed by atoms with van der Waals surface area (Å²) in [6, 6.07) is -14.8. The number of carbonyl (C=O) groups is 12. The number of likely N-dealkylation sites (tertiary alicyclic amines) is 1. The van der Waals surface area contributed by atoms with E-state index in [0.29, 0.717) is 5.75 Å². The SMILES string of the molecule is CSCCC(N)C(=O)NC(CC(N)=O)C(=O)NC(CO)C(=O)NC(CCSC)C(=O)NC(CC(=O)O)C(=O)N1CCCC1C(=O)NC(CCC(=O)O)C(=O)NC(CO)C(=O)NC(C(=O)O)C(C)O. The standard InChI is InChI=1S/C38H62N10O18S2/c1-17(51)29(38(65)66)47-35(62)24(16-50)45-31(58)19(6-7-27(53)54)42-36(63)25-5-4-10-48(25)37(64)22(14-28(55)56)44-32(59)20(9-12-68-3)41-34(61)23(15-49)46-33(60)21(13-26(40)52)43-30(57)18(39)8-11-67-2/h17-25,29,49-51H,4-16,39H2,1-3H3,(H2,40,52)(H,41,61)(H,42,63)(H,43,57)(H,44,59)(H,45,58)(H,46,60)(H,47,62)(H,53,54)(H,55,56)(H,65,66). The molecule has 0 aromatic carbocycles. The number of aliphatic hydroxyl groups excluding tert-OH is 3. The van der Waals surface area contributed by atoms with Gasteiger partial charge in [-0.1, -0.05) is 0 Å². The zero-order chi connectivity index (χ0) is 51.8. The Kier molecular flexibility index (Phi) is 27.0. The van der Waals surface area contributed by atoms with E-state index in [-0.39, 0.29) is 38.0 Å². The summed E-state index contributed by atoms with van der Waals surface area (Å²) >= 11 is 2.62. The smallest absolute Gasteiger partial charge is 0.328 e. The van der Waals surface area contributed by atoms with E-state index in [1.54, 1.807) is 12.5 Å². The summed E-state index contributed by atoms with van der Waals surface area (Å²) in [5.74, 6) is -13.8. The van der Waals surface area contributed by atoms with Gasteiger partial charge in [0.2, 0.25) is 53.2 Å². The van der Waals surface area contributed by atoms with Gasteiger partial charge in [0.25, 0.3) is 0 Å². The van der Waals surface area contributed by atoms with Crippen LogP contribution in [0.15, 0.2) is 0 Å². The number of hydrogen-bond donors (Lipinski definition) is 15. The lowest BCUT2D eigenvalue weighted by Gasteiger charge is -2.30. The molecule has 1 aliphatic heterocycles. The molecule has 28 nitrogen and oxygen atoms in total. The monoisotopic (exact) mass is 1010 g/mol. The molecule has 0 saturated carbocycles. The summed E-state index contributed by atoms with van der Waals surface area (Å²) in [7, 11) is 0. The average Bonchev–Trinajstić information content (AvgIpc) is 3.77. The Bertz CT molecular complexity index is 1830. The molecule has 384 valence electrons. The van der Waals surface area contributed by atoms with Crippen molar-refractivity contribution in [2.24, 2.45) is 11.5 Å². The average molecular weight is 1010 g/mol. The number of aliphatic hydroxyl groups is 3. The van der Waals surface area contributed by atoms with Gasteiger partial charge in [-0.2, -0.15) is 23.5 Å². The van der Waals surface area contributed by atoms with Crippen molar-refractivity contribution >= 4 is 94.6 Å². The van der Waals surface area contributed by atoms with Gasteiger partial charge >= 0.3 is 17.9 Å². The first-order valence-corrected chi connectivity index (χ1v) is 23.7. The fourth-order valence-corrected chi connectivity index (χ4v) is 7.33. The van der Waals surface area contributed by atoms with Crippen LogP contribution in [0.4, 0.5) is 0 Å². The molecule has 0 aromatic rings. The molecule has 10 atom stereocenters. The second-order valence-electron chi connectivity index (χ2n) is 15.4. The first-order chi connectivity index (χ1) is 31.9. The van der Waals surface area contributed by atoms with E-state index in [9.17, 15) is 88.2 Å². The molecule has 1 fully saturated rings. The summed E-state index contributed by atoms with van der Waals surface area (Å²) in [5.41, 5.74) is 11.1. The number of hydrogen-bond acceptors (Lipinski definition) is 18. The van der Waals surface area contributed by atoms with Gasteiger partial charge in [-0.3, -0.25) is 52.7 Å². The number of carboxylic acids is 3. The molecule has 0 spiro atoms. The molecule has 17 N–H and O–H groups in total. The van der Waals surface area contributed by atoms with Crippen LogP contribution >= 0.6 is 23.5 Å². The molecule has 9 amide bonds. The van der Waals surface area contributed by atoms with Gasteiger partial charge in [-0.05, 0) is 63.0 Å². The van der Waals surface area contributed by atoms with E-state index in [4.69, 9.17) is 11.5 Å². The summed E-state index contributed by atoms with van der Waals surface area (Å²) in [4.78, 5) is 154. The lowest BCUT2D eigenvalue weighted by atomic mass is 10.1. The first kappa shape index (κ1) is 60.2. The Morgan fingerprint density at radius 1 is 0.618 bits per heavy atom. The normalized spacial score (nSPS) is 17.2. The Labute approximate surface area is 397 Å². The van der Waals surface area contributed by atoms with Crippen LogP contribution < -0.4 is 48.7 Å². The lowest BCUT2D eigenvalue weighted by Crippen LogP contribution is -2.61. The van der Waals surface area contributed by atoms with Crippen molar-refractivity contribution < 1.29 is 88.2 Å². The topological polar surface area (TPSA) is 466 Å². The van der Waals surface area contributed by atoms with Gasteiger partial charge < -0.3 is 84.2 Å². The number of rotatable bonds is 32. The maximum absolute atomic E-state index is 14.0. The zero-order valence-electron chi connectivity index (χ0n) is 37.5. The molecule has 1 aliphatic rings. The Morgan fingerprint density at radius 2 is 1.09 bits per heavy atom. The molecule has 0 aromatic heterocycles. The highest BCUT2D eigenvalue weighted by atomic mass is 32.2. The van der Waals surface area contributed by atoms with Gasteiger partial charge in [-0.25, -0.2) is 4.79 Å². The number of carbonyl (C=O) groups excluding carboxylic acids is 9.